The average Bonchev–Trinajstić information content (AvgIpc) is 2.45. The summed E-state index contributed by atoms with van der Waals surface area (Å²) in [5.74, 6) is -1.92. The van der Waals surface area contributed by atoms with E-state index in [9.17, 15) is 9.59 Å². The van der Waals surface area contributed by atoms with Crippen LogP contribution in [0.15, 0.2) is 30.3 Å². The van der Waals surface area contributed by atoms with Gasteiger partial charge in [-0.1, -0.05) is 18.2 Å². The average molecular weight is 279 g/mol. The minimum Gasteiger partial charge on any atom is -0.465 e. The van der Waals surface area contributed by atoms with Gasteiger partial charge < -0.3 is 14.8 Å². The van der Waals surface area contributed by atoms with E-state index in [0.29, 0.717) is 13.0 Å². The monoisotopic (exact) mass is 279 g/mol. The molecule has 0 aliphatic heterocycles. The first-order valence-electron chi connectivity index (χ1n) is 6.81. The van der Waals surface area contributed by atoms with E-state index in [-0.39, 0.29) is 13.2 Å². The van der Waals surface area contributed by atoms with Gasteiger partial charge in [-0.25, -0.2) is 0 Å². The molecule has 0 atom stereocenters. The number of benzene rings is 1. The Balaban J connectivity index is 2.51. The van der Waals surface area contributed by atoms with Crippen LogP contribution < -0.4 is 5.32 Å². The predicted molar refractivity (Wildman–Crippen MR) is 76.3 cm³/mol. The summed E-state index contributed by atoms with van der Waals surface area (Å²) in [5.41, 5.74) is 0.943. The Kier molecular flexibility index (Phi) is 7.17. The van der Waals surface area contributed by atoms with Gasteiger partial charge in [0.05, 0.1) is 13.2 Å². The summed E-state index contributed by atoms with van der Waals surface area (Å²) in [5, 5.41) is 3.15. The van der Waals surface area contributed by atoms with E-state index in [1.165, 1.54) is 0 Å². The maximum atomic E-state index is 11.8. The van der Waals surface area contributed by atoms with E-state index >= 15 is 0 Å². The van der Waals surface area contributed by atoms with Crippen LogP contribution in [0.5, 0.6) is 0 Å². The standard InChI is InChI=1S/C15H21NO4/c1-3-19-14(17)13(15(18)20-4-2)10-11-16-12-8-6-5-7-9-12/h5-9,13,16H,3-4,10-11H2,1-2H3. The second kappa shape index (κ2) is 8.96. The largest absolute Gasteiger partial charge is 0.465 e. The summed E-state index contributed by atoms with van der Waals surface area (Å²) in [6, 6.07) is 9.59. The normalized spacial score (nSPS) is 10.2. The summed E-state index contributed by atoms with van der Waals surface area (Å²) in [4.78, 5) is 23.5. The van der Waals surface area contributed by atoms with Crippen LogP contribution in [0.25, 0.3) is 0 Å². The third-order valence-corrected chi connectivity index (χ3v) is 2.68. The van der Waals surface area contributed by atoms with Gasteiger partial charge in [0.2, 0.25) is 0 Å². The molecule has 0 bridgehead atoms. The fourth-order valence-electron chi connectivity index (χ4n) is 1.73. The van der Waals surface area contributed by atoms with Crippen molar-refractivity contribution in [2.75, 3.05) is 25.1 Å². The third kappa shape index (κ3) is 5.30. The molecule has 1 rings (SSSR count). The number of esters is 2. The molecule has 20 heavy (non-hydrogen) atoms. The fraction of sp³-hybridized carbons (Fsp3) is 0.467. The maximum Gasteiger partial charge on any atom is 0.320 e. The highest BCUT2D eigenvalue weighted by molar-refractivity contribution is 5.94. The van der Waals surface area contributed by atoms with E-state index in [2.05, 4.69) is 5.32 Å². The van der Waals surface area contributed by atoms with Crippen LogP contribution in [0.3, 0.4) is 0 Å². The molecule has 5 nitrogen and oxygen atoms in total. The first-order chi connectivity index (χ1) is 9.69. The van der Waals surface area contributed by atoms with Gasteiger partial charge in [-0.3, -0.25) is 9.59 Å². The zero-order valence-corrected chi connectivity index (χ0v) is 11.9. The summed E-state index contributed by atoms with van der Waals surface area (Å²) in [6.45, 7) is 4.42. The first kappa shape index (κ1) is 16.0. The number of carbonyl (C=O) groups is 2. The van der Waals surface area contributed by atoms with Crippen molar-refractivity contribution in [3.8, 4) is 0 Å². The molecular weight excluding hydrogens is 258 g/mol. The van der Waals surface area contributed by atoms with Crippen LogP contribution in [0.1, 0.15) is 20.3 Å². The molecule has 1 aromatic carbocycles. The molecule has 0 aliphatic carbocycles. The zero-order valence-electron chi connectivity index (χ0n) is 11.9. The Bertz CT molecular complexity index is 401. The van der Waals surface area contributed by atoms with Crippen LogP contribution in [-0.4, -0.2) is 31.7 Å². The van der Waals surface area contributed by atoms with Crippen molar-refractivity contribution in [1.82, 2.24) is 0 Å². The molecule has 0 amide bonds. The van der Waals surface area contributed by atoms with Crippen molar-refractivity contribution in [3.63, 3.8) is 0 Å². The Morgan fingerprint density at radius 1 is 1.05 bits per heavy atom. The minimum absolute atomic E-state index is 0.251. The summed E-state index contributed by atoms with van der Waals surface area (Å²) in [6.07, 6.45) is 0.340. The lowest BCUT2D eigenvalue weighted by molar-refractivity contribution is -0.161. The number of ether oxygens (including phenoxy) is 2. The van der Waals surface area contributed by atoms with Crippen molar-refractivity contribution in [2.45, 2.75) is 20.3 Å². The van der Waals surface area contributed by atoms with Gasteiger partial charge in [0, 0.05) is 12.2 Å². The summed E-state index contributed by atoms with van der Waals surface area (Å²) >= 11 is 0. The van der Waals surface area contributed by atoms with Gasteiger partial charge in [-0.05, 0) is 32.4 Å². The quantitative estimate of drug-likeness (QED) is 0.584. The summed E-state index contributed by atoms with van der Waals surface area (Å²) in [7, 11) is 0. The van der Waals surface area contributed by atoms with E-state index in [4.69, 9.17) is 9.47 Å². The number of hydrogen-bond acceptors (Lipinski definition) is 5. The number of carbonyl (C=O) groups excluding carboxylic acids is 2. The molecule has 0 saturated heterocycles. The number of anilines is 1. The lowest BCUT2D eigenvalue weighted by atomic mass is 10.1. The second-order valence-corrected chi connectivity index (χ2v) is 4.14. The summed E-state index contributed by atoms with van der Waals surface area (Å²) < 4.78 is 9.81. The Labute approximate surface area is 119 Å². The van der Waals surface area contributed by atoms with Gasteiger partial charge >= 0.3 is 11.9 Å². The van der Waals surface area contributed by atoms with E-state index < -0.39 is 17.9 Å². The Morgan fingerprint density at radius 3 is 2.10 bits per heavy atom. The maximum absolute atomic E-state index is 11.8. The molecule has 0 fully saturated rings. The SMILES string of the molecule is CCOC(=O)C(CCNc1ccccc1)C(=O)OCC. The molecule has 0 saturated carbocycles. The zero-order chi connectivity index (χ0) is 14.8. The lowest BCUT2D eigenvalue weighted by Gasteiger charge is -2.15. The molecular formula is C15H21NO4. The van der Waals surface area contributed by atoms with Crippen LogP contribution in [0, 0.1) is 5.92 Å². The second-order valence-electron chi connectivity index (χ2n) is 4.14. The number of rotatable bonds is 8. The Morgan fingerprint density at radius 2 is 1.60 bits per heavy atom. The predicted octanol–water partition coefficient (Wildman–Crippen LogP) is 2.23. The van der Waals surface area contributed by atoms with Gasteiger partial charge in [0.1, 0.15) is 0 Å². The van der Waals surface area contributed by atoms with Crippen LogP contribution in [0.4, 0.5) is 5.69 Å². The highest BCUT2D eigenvalue weighted by atomic mass is 16.6. The van der Waals surface area contributed by atoms with E-state index in [1.54, 1.807) is 13.8 Å². The Hall–Kier alpha value is -2.04. The first-order valence-corrected chi connectivity index (χ1v) is 6.81. The molecule has 0 spiro atoms. The van der Waals surface area contributed by atoms with E-state index in [1.807, 2.05) is 30.3 Å². The molecule has 0 radical (unpaired) electrons. The van der Waals surface area contributed by atoms with Crippen molar-refractivity contribution < 1.29 is 19.1 Å². The minimum atomic E-state index is -0.869. The van der Waals surface area contributed by atoms with Crippen molar-refractivity contribution in [2.24, 2.45) is 5.92 Å². The van der Waals surface area contributed by atoms with Crippen LogP contribution >= 0.6 is 0 Å². The fourth-order valence-corrected chi connectivity index (χ4v) is 1.73. The smallest absolute Gasteiger partial charge is 0.320 e. The number of nitrogens with one attached hydrogen (secondary N) is 1. The number of para-hydroxylation sites is 1. The van der Waals surface area contributed by atoms with Gasteiger partial charge in [0.25, 0.3) is 0 Å². The highest BCUT2D eigenvalue weighted by Gasteiger charge is 2.28. The molecule has 1 N–H and O–H groups in total. The molecule has 0 aromatic heterocycles. The van der Waals surface area contributed by atoms with Crippen LogP contribution in [-0.2, 0) is 19.1 Å². The van der Waals surface area contributed by atoms with Crippen molar-refractivity contribution >= 4 is 17.6 Å². The molecule has 1 aromatic rings. The van der Waals surface area contributed by atoms with Gasteiger partial charge in [-0.15, -0.1) is 0 Å². The van der Waals surface area contributed by atoms with Gasteiger partial charge in [-0.2, -0.15) is 0 Å². The third-order valence-electron chi connectivity index (χ3n) is 2.68. The molecule has 5 heteroatoms. The number of hydrogen-bond donors (Lipinski definition) is 1. The van der Waals surface area contributed by atoms with Gasteiger partial charge in [0.15, 0.2) is 5.92 Å². The molecule has 0 unspecified atom stereocenters. The molecule has 110 valence electrons. The van der Waals surface area contributed by atoms with Crippen LogP contribution in [0.2, 0.25) is 0 Å². The lowest BCUT2D eigenvalue weighted by Crippen LogP contribution is -2.30. The van der Waals surface area contributed by atoms with E-state index in [0.717, 1.165) is 5.69 Å². The topological polar surface area (TPSA) is 64.6 Å². The molecule has 0 heterocycles. The van der Waals surface area contributed by atoms with Crippen molar-refractivity contribution in [3.05, 3.63) is 30.3 Å². The molecule has 0 aliphatic rings. The van der Waals surface area contributed by atoms with Crippen molar-refractivity contribution in [1.29, 1.82) is 0 Å². The highest BCUT2D eigenvalue weighted by Crippen LogP contribution is 2.11.